The van der Waals surface area contributed by atoms with Gasteiger partial charge in [0, 0.05) is 19.1 Å². The average molecular weight is 415 g/mol. The highest BCUT2D eigenvalue weighted by molar-refractivity contribution is 5.68. The predicted octanol–water partition coefficient (Wildman–Crippen LogP) is 4.47. The maximum Gasteiger partial charge on any atom is 0.410 e. The van der Waals surface area contributed by atoms with E-state index in [1.165, 1.54) is 6.42 Å². The number of amides is 2. The molecule has 7 nitrogen and oxygen atoms in total. The number of aliphatic hydroxyl groups excluding tert-OH is 1. The highest BCUT2D eigenvalue weighted by Crippen LogP contribution is 2.25. The van der Waals surface area contributed by atoms with Crippen LogP contribution in [0.5, 0.6) is 0 Å². The highest BCUT2D eigenvalue weighted by atomic mass is 16.6. The molecule has 0 spiro atoms. The minimum Gasteiger partial charge on any atom is -0.444 e. The first-order valence-electron chi connectivity index (χ1n) is 10.8. The Labute approximate surface area is 176 Å². The van der Waals surface area contributed by atoms with E-state index in [0.29, 0.717) is 12.5 Å². The molecule has 2 N–H and O–H groups in total. The minimum absolute atomic E-state index is 0.120. The van der Waals surface area contributed by atoms with Crippen LogP contribution in [0.15, 0.2) is 0 Å². The van der Waals surface area contributed by atoms with Gasteiger partial charge in [-0.25, -0.2) is 9.59 Å². The number of carbonyl (C=O) groups excluding carboxylic acids is 2. The quantitative estimate of drug-likeness (QED) is 0.696. The van der Waals surface area contributed by atoms with Gasteiger partial charge in [-0.15, -0.1) is 0 Å². The molecule has 0 aromatic rings. The van der Waals surface area contributed by atoms with Crippen molar-refractivity contribution in [3.63, 3.8) is 0 Å². The Morgan fingerprint density at radius 3 is 1.93 bits per heavy atom. The number of carbonyl (C=O) groups is 2. The molecule has 0 unspecified atom stereocenters. The van der Waals surface area contributed by atoms with Crippen LogP contribution in [-0.2, 0) is 9.47 Å². The first-order valence-corrected chi connectivity index (χ1v) is 10.8. The third-order valence-corrected chi connectivity index (χ3v) is 5.02. The van der Waals surface area contributed by atoms with Crippen molar-refractivity contribution in [2.24, 2.45) is 5.92 Å². The molecular formula is C22H42N2O5. The number of aliphatic hydroxyl groups is 1. The molecule has 2 aliphatic rings. The van der Waals surface area contributed by atoms with Crippen LogP contribution >= 0.6 is 0 Å². The molecule has 29 heavy (non-hydrogen) atoms. The van der Waals surface area contributed by atoms with Crippen molar-refractivity contribution in [1.29, 1.82) is 0 Å². The molecule has 2 amide bonds. The molecule has 0 aromatic heterocycles. The first kappa shape index (κ1) is 25.5. The molecule has 2 rings (SSSR count). The molecule has 0 bridgehead atoms. The number of nitrogens with one attached hydrogen (secondary N) is 1. The van der Waals surface area contributed by atoms with Crippen molar-refractivity contribution in [3.05, 3.63) is 0 Å². The van der Waals surface area contributed by atoms with Crippen LogP contribution in [0.2, 0.25) is 0 Å². The second-order valence-electron chi connectivity index (χ2n) is 10.5. The second kappa shape index (κ2) is 10.5. The lowest BCUT2D eigenvalue weighted by molar-refractivity contribution is 0.0216. The van der Waals surface area contributed by atoms with Gasteiger partial charge in [0.05, 0.1) is 6.10 Å². The van der Waals surface area contributed by atoms with Crippen LogP contribution in [0.4, 0.5) is 9.59 Å². The summed E-state index contributed by atoms with van der Waals surface area (Å²) in [6.45, 7) is 13.4. The topological polar surface area (TPSA) is 88.1 Å². The van der Waals surface area contributed by atoms with Crippen molar-refractivity contribution in [2.45, 2.75) is 116 Å². The molecule has 0 aliphatic heterocycles. The lowest BCUT2D eigenvalue weighted by atomic mass is 10.1. The molecule has 2 saturated carbocycles. The summed E-state index contributed by atoms with van der Waals surface area (Å²) in [7, 11) is 1.73. The fourth-order valence-electron chi connectivity index (χ4n) is 3.58. The van der Waals surface area contributed by atoms with Crippen molar-refractivity contribution < 1.29 is 24.2 Å². The Bertz CT molecular complexity index is 538. The van der Waals surface area contributed by atoms with Crippen molar-refractivity contribution in [1.82, 2.24) is 10.2 Å². The third-order valence-electron chi connectivity index (χ3n) is 5.02. The zero-order valence-corrected chi connectivity index (χ0v) is 19.6. The van der Waals surface area contributed by atoms with Gasteiger partial charge in [0.15, 0.2) is 0 Å². The van der Waals surface area contributed by atoms with Crippen LogP contribution in [0, 0.1) is 5.92 Å². The van der Waals surface area contributed by atoms with Crippen LogP contribution < -0.4 is 5.32 Å². The standard InChI is InChI=1S/C11H21NO3.C11H21NO2/c1-11(2,3)15-10(14)12(4)8-5-6-9(13)7-8;1-8-5-6-9(7-8)12-10(13)14-11(2,3)4/h8-9,13H,5-7H2,1-4H3;8-9H,5-7H2,1-4H3,(H,12,13)/t2*8-,9+/m10/s1. The normalized spacial score (nSPS) is 26.9. The molecule has 4 atom stereocenters. The highest BCUT2D eigenvalue weighted by Gasteiger charge is 2.31. The van der Waals surface area contributed by atoms with Gasteiger partial charge in [-0.1, -0.05) is 6.92 Å². The Hall–Kier alpha value is -1.50. The number of alkyl carbamates (subject to hydrolysis) is 1. The number of hydrogen-bond acceptors (Lipinski definition) is 5. The SMILES string of the molecule is CN(C(=O)OC(C)(C)C)[C@@H]1CC[C@H](O)C1.C[C@H]1CC[C@@H](NC(=O)OC(C)(C)C)C1. The number of ether oxygens (including phenoxy) is 2. The summed E-state index contributed by atoms with van der Waals surface area (Å²) in [6.07, 6.45) is 4.82. The fourth-order valence-corrected chi connectivity index (χ4v) is 3.58. The van der Waals surface area contributed by atoms with Crippen molar-refractivity contribution in [3.8, 4) is 0 Å². The third kappa shape index (κ3) is 10.7. The first-order chi connectivity index (χ1) is 13.2. The average Bonchev–Trinajstić information content (AvgIpc) is 3.12. The Balaban J connectivity index is 0.000000291. The van der Waals surface area contributed by atoms with Gasteiger partial charge >= 0.3 is 12.2 Å². The van der Waals surface area contributed by atoms with Gasteiger partial charge in [0.25, 0.3) is 0 Å². The van der Waals surface area contributed by atoms with Crippen LogP contribution in [0.1, 0.15) is 87.0 Å². The van der Waals surface area contributed by atoms with Gasteiger partial charge < -0.3 is 24.8 Å². The summed E-state index contributed by atoms with van der Waals surface area (Å²) in [4.78, 5) is 24.7. The zero-order chi connectivity index (χ0) is 22.4. The van der Waals surface area contributed by atoms with E-state index in [2.05, 4.69) is 12.2 Å². The fraction of sp³-hybridized carbons (Fsp3) is 0.909. The number of hydrogen-bond donors (Lipinski definition) is 2. The number of nitrogens with zero attached hydrogens (tertiary/aromatic N) is 1. The summed E-state index contributed by atoms with van der Waals surface area (Å²) >= 11 is 0. The van der Waals surface area contributed by atoms with E-state index >= 15 is 0 Å². The molecule has 7 heteroatoms. The minimum atomic E-state index is -0.456. The van der Waals surface area contributed by atoms with Crippen LogP contribution in [-0.4, -0.2) is 58.6 Å². The lowest BCUT2D eigenvalue weighted by Gasteiger charge is -2.28. The van der Waals surface area contributed by atoms with Gasteiger partial charge in [0.1, 0.15) is 11.2 Å². The Morgan fingerprint density at radius 2 is 1.52 bits per heavy atom. The Morgan fingerprint density at radius 1 is 0.931 bits per heavy atom. The monoisotopic (exact) mass is 414 g/mol. The Kier molecular flexibility index (Phi) is 9.25. The molecule has 2 aliphatic carbocycles. The van der Waals surface area contributed by atoms with E-state index in [9.17, 15) is 14.7 Å². The maximum atomic E-state index is 11.7. The van der Waals surface area contributed by atoms with Crippen molar-refractivity contribution in [2.75, 3.05) is 7.05 Å². The predicted molar refractivity (Wildman–Crippen MR) is 114 cm³/mol. The molecule has 0 aromatic carbocycles. The molecule has 2 fully saturated rings. The number of rotatable bonds is 2. The largest absolute Gasteiger partial charge is 0.444 e. The molecule has 170 valence electrons. The van der Waals surface area contributed by atoms with E-state index in [1.54, 1.807) is 11.9 Å². The smallest absolute Gasteiger partial charge is 0.410 e. The van der Waals surface area contributed by atoms with Gasteiger partial charge in [0.2, 0.25) is 0 Å². The summed E-state index contributed by atoms with van der Waals surface area (Å²) in [5, 5.41) is 12.3. The van der Waals surface area contributed by atoms with Gasteiger partial charge in [-0.05, 0) is 86.0 Å². The van der Waals surface area contributed by atoms with E-state index in [-0.39, 0.29) is 24.3 Å². The molecular weight excluding hydrogens is 372 g/mol. The summed E-state index contributed by atoms with van der Waals surface area (Å²) in [5.74, 6) is 0.731. The molecule has 0 saturated heterocycles. The molecule has 0 heterocycles. The van der Waals surface area contributed by atoms with E-state index < -0.39 is 11.2 Å². The van der Waals surface area contributed by atoms with Gasteiger partial charge in [-0.3, -0.25) is 0 Å². The summed E-state index contributed by atoms with van der Waals surface area (Å²) in [6, 6.07) is 0.440. The van der Waals surface area contributed by atoms with Crippen molar-refractivity contribution >= 4 is 12.2 Å². The summed E-state index contributed by atoms with van der Waals surface area (Å²) in [5.41, 5.74) is -0.850. The maximum absolute atomic E-state index is 11.7. The van der Waals surface area contributed by atoms with Crippen LogP contribution in [0.25, 0.3) is 0 Å². The van der Waals surface area contributed by atoms with E-state index in [1.807, 2.05) is 41.5 Å². The summed E-state index contributed by atoms with van der Waals surface area (Å²) < 4.78 is 10.4. The zero-order valence-electron chi connectivity index (χ0n) is 19.6. The van der Waals surface area contributed by atoms with E-state index in [4.69, 9.17) is 9.47 Å². The molecule has 0 radical (unpaired) electrons. The van der Waals surface area contributed by atoms with Gasteiger partial charge in [-0.2, -0.15) is 0 Å². The lowest BCUT2D eigenvalue weighted by Crippen LogP contribution is -2.39. The second-order valence-corrected chi connectivity index (χ2v) is 10.5. The van der Waals surface area contributed by atoms with E-state index in [0.717, 1.165) is 31.6 Å². The van der Waals surface area contributed by atoms with Crippen LogP contribution in [0.3, 0.4) is 0 Å².